The third-order valence-corrected chi connectivity index (χ3v) is 5.64. The summed E-state index contributed by atoms with van der Waals surface area (Å²) in [6.45, 7) is 4.43. The van der Waals surface area contributed by atoms with E-state index in [9.17, 15) is 9.90 Å². The number of aromatic nitrogens is 3. The Bertz CT molecular complexity index is 905. The molecule has 2 aliphatic rings. The zero-order chi connectivity index (χ0) is 20.6. The van der Waals surface area contributed by atoms with Crippen LogP contribution in [0.15, 0.2) is 24.5 Å². The molecule has 0 bridgehead atoms. The first kappa shape index (κ1) is 19.7. The van der Waals surface area contributed by atoms with Gasteiger partial charge >= 0.3 is 0 Å². The molecule has 29 heavy (non-hydrogen) atoms. The highest BCUT2D eigenvalue weighted by Crippen LogP contribution is 2.33. The molecule has 8 nitrogen and oxygen atoms in total. The number of nitrogens with one attached hydrogen (secondary N) is 1. The fourth-order valence-corrected chi connectivity index (χ4v) is 4.03. The van der Waals surface area contributed by atoms with E-state index < -0.39 is 5.60 Å². The lowest BCUT2D eigenvalue weighted by molar-refractivity contribution is -0.115. The van der Waals surface area contributed by atoms with E-state index in [-0.39, 0.29) is 15.3 Å². The summed E-state index contributed by atoms with van der Waals surface area (Å²) in [4.78, 5) is 27.7. The summed E-state index contributed by atoms with van der Waals surface area (Å²) in [6.07, 6.45) is 6.77. The lowest BCUT2D eigenvalue weighted by atomic mass is 10.0. The number of fused-ring (bicyclic) bond motifs is 1. The predicted octanol–water partition coefficient (Wildman–Crippen LogP) is 2.83. The molecule has 1 saturated carbocycles. The monoisotopic (exact) mass is 401 g/mol. The molecule has 2 aromatic rings. The van der Waals surface area contributed by atoms with Crippen LogP contribution in [0.4, 0.5) is 11.6 Å². The van der Waals surface area contributed by atoms with Crippen molar-refractivity contribution in [3.8, 4) is 11.3 Å². The average molecular weight is 402 g/mol. The quantitative estimate of drug-likeness (QED) is 0.794. The van der Waals surface area contributed by atoms with Gasteiger partial charge in [-0.3, -0.25) is 9.78 Å². The van der Waals surface area contributed by atoms with Crippen LogP contribution in [0.1, 0.15) is 41.7 Å². The fraction of sp³-hybridized carbons (Fsp3) is 0.524. The van der Waals surface area contributed by atoms with Gasteiger partial charge in [-0.15, -0.1) is 0 Å². The summed E-state index contributed by atoms with van der Waals surface area (Å²) >= 11 is 0. The smallest absolute Gasteiger partial charge is 0.245 e. The molecule has 1 amide bonds. The molecule has 3 heterocycles. The van der Waals surface area contributed by atoms with E-state index in [1.54, 1.807) is 39.4 Å². The van der Waals surface area contributed by atoms with E-state index in [0.29, 0.717) is 35.0 Å². The van der Waals surface area contributed by atoms with Crippen molar-refractivity contribution in [2.24, 2.45) is 5.92 Å². The van der Waals surface area contributed by atoms with E-state index in [0.717, 1.165) is 31.4 Å². The zero-order valence-corrected chi connectivity index (χ0v) is 17.1. The number of aliphatic hydroxyl groups is 1. The fourth-order valence-electron chi connectivity index (χ4n) is 4.03. The topological polar surface area (TPSA) is 100 Å². The summed E-state index contributed by atoms with van der Waals surface area (Å²) in [5.41, 5.74) is 1.09. The third kappa shape index (κ3) is 4.23. The number of amides is 1. The van der Waals surface area contributed by atoms with Crippen molar-refractivity contribution >= 4 is 17.5 Å². The van der Waals surface area contributed by atoms with Crippen LogP contribution in [0, 0.1) is 5.92 Å². The van der Waals surface area contributed by atoms with E-state index >= 15 is 0 Å². The second-order valence-corrected chi connectivity index (χ2v) is 8.38. The van der Waals surface area contributed by atoms with E-state index in [1.165, 1.54) is 0 Å². The molecule has 0 aromatic carbocycles. The van der Waals surface area contributed by atoms with Crippen LogP contribution in [0.2, 0.25) is 0 Å². The first-order valence-electron chi connectivity index (χ1n) is 9.97. The van der Waals surface area contributed by atoms with Gasteiger partial charge in [-0.05, 0) is 51.2 Å². The minimum atomic E-state index is -0.998. The Morgan fingerprint density at radius 2 is 2.14 bits per heavy atom. The molecule has 2 N–H and O–H groups in total. The molecule has 0 saturated heterocycles. The summed E-state index contributed by atoms with van der Waals surface area (Å²) in [7, 11) is 1.76. The van der Waals surface area contributed by atoms with Crippen molar-refractivity contribution in [2.45, 2.75) is 44.8 Å². The van der Waals surface area contributed by atoms with E-state index in [2.05, 4.69) is 15.3 Å². The number of ether oxygens (including phenoxy) is 1. The van der Waals surface area contributed by atoms with Crippen molar-refractivity contribution in [3.63, 3.8) is 0 Å². The van der Waals surface area contributed by atoms with Gasteiger partial charge in [0.25, 0.3) is 0 Å². The molecular formula is C21H31N5O3. The van der Waals surface area contributed by atoms with Crippen LogP contribution < -0.4 is 10.2 Å². The molecule has 1 aliphatic heterocycles. The Kier molecular flexibility index (Phi) is 5.23. The SMILES string of the molecule is CO[C@@H]1CC[C@H](CN2CC(=O)Nc3ncc(-c4ccc(C(C)(C)O)nc4)nc32)C1.[HH].[HH]. The van der Waals surface area contributed by atoms with Gasteiger partial charge in [0.05, 0.1) is 30.2 Å². The maximum absolute atomic E-state index is 12.1. The van der Waals surface area contributed by atoms with Crippen molar-refractivity contribution in [3.05, 3.63) is 30.2 Å². The first-order chi connectivity index (χ1) is 13.8. The number of carbonyl (C=O) groups is 1. The molecule has 158 valence electrons. The summed E-state index contributed by atoms with van der Waals surface area (Å²) < 4.78 is 5.48. The largest absolute Gasteiger partial charge is 0.384 e. The van der Waals surface area contributed by atoms with Crippen molar-refractivity contribution < 1.29 is 17.5 Å². The van der Waals surface area contributed by atoms with Crippen LogP contribution in [0.25, 0.3) is 11.3 Å². The number of hydrogen-bond acceptors (Lipinski definition) is 7. The van der Waals surface area contributed by atoms with E-state index in [4.69, 9.17) is 9.72 Å². The number of nitrogens with zero attached hydrogens (tertiary/aromatic N) is 4. The van der Waals surface area contributed by atoms with Crippen molar-refractivity contribution in [1.82, 2.24) is 15.0 Å². The van der Waals surface area contributed by atoms with Crippen LogP contribution in [-0.4, -0.2) is 52.3 Å². The number of rotatable bonds is 5. The van der Waals surface area contributed by atoms with Crippen LogP contribution in [0.5, 0.6) is 0 Å². The number of pyridine rings is 1. The van der Waals surface area contributed by atoms with Gasteiger partial charge in [0.15, 0.2) is 11.6 Å². The Hall–Kier alpha value is -2.58. The summed E-state index contributed by atoms with van der Waals surface area (Å²) in [5.74, 6) is 1.58. The number of hydrogen-bond donors (Lipinski definition) is 2. The molecule has 0 radical (unpaired) electrons. The molecular weight excluding hydrogens is 370 g/mol. The molecule has 1 fully saturated rings. The Morgan fingerprint density at radius 3 is 2.79 bits per heavy atom. The van der Waals surface area contributed by atoms with Gasteiger partial charge in [0.2, 0.25) is 5.91 Å². The molecule has 8 heteroatoms. The Morgan fingerprint density at radius 1 is 1.31 bits per heavy atom. The summed E-state index contributed by atoms with van der Waals surface area (Å²) in [5, 5.41) is 12.9. The van der Waals surface area contributed by atoms with Crippen LogP contribution in [-0.2, 0) is 15.1 Å². The van der Waals surface area contributed by atoms with Gasteiger partial charge in [-0.25, -0.2) is 9.97 Å². The minimum absolute atomic E-state index is 0. The second kappa shape index (κ2) is 7.68. The van der Waals surface area contributed by atoms with Crippen LogP contribution in [0.3, 0.4) is 0 Å². The van der Waals surface area contributed by atoms with Gasteiger partial charge in [0, 0.05) is 28.3 Å². The predicted molar refractivity (Wildman–Crippen MR) is 114 cm³/mol. The van der Waals surface area contributed by atoms with Gasteiger partial charge in [-0.1, -0.05) is 0 Å². The minimum Gasteiger partial charge on any atom is -0.384 e. The molecule has 4 rings (SSSR count). The molecule has 2 aromatic heterocycles. The maximum atomic E-state index is 12.1. The average Bonchev–Trinajstić information content (AvgIpc) is 3.15. The number of carbonyl (C=O) groups excluding carboxylic acids is 1. The first-order valence-corrected chi connectivity index (χ1v) is 9.97. The zero-order valence-electron chi connectivity index (χ0n) is 17.1. The summed E-state index contributed by atoms with van der Waals surface area (Å²) in [6, 6.07) is 3.67. The molecule has 0 unspecified atom stereocenters. The highest BCUT2D eigenvalue weighted by Gasteiger charge is 2.31. The highest BCUT2D eigenvalue weighted by molar-refractivity contribution is 5.99. The third-order valence-electron chi connectivity index (χ3n) is 5.64. The molecule has 0 spiro atoms. The van der Waals surface area contributed by atoms with Gasteiger partial charge in [0.1, 0.15) is 5.60 Å². The highest BCUT2D eigenvalue weighted by atomic mass is 16.5. The normalized spacial score (nSPS) is 21.8. The van der Waals surface area contributed by atoms with E-state index in [1.807, 2.05) is 11.0 Å². The van der Waals surface area contributed by atoms with Gasteiger partial charge in [-0.2, -0.15) is 0 Å². The second-order valence-electron chi connectivity index (χ2n) is 8.38. The molecule has 2 atom stereocenters. The lowest BCUT2D eigenvalue weighted by Gasteiger charge is -2.31. The maximum Gasteiger partial charge on any atom is 0.245 e. The Labute approximate surface area is 173 Å². The van der Waals surface area contributed by atoms with Crippen molar-refractivity contribution in [2.75, 3.05) is 30.4 Å². The van der Waals surface area contributed by atoms with Gasteiger partial charge < -0.3 is 20.1 Å². The lowest BCUT2D eigenvalue weighted by Crippen LogP contribution is -2.41. The standard InChI is InChI=1S/C21H27N5O3.2H2/c1-21(2,28)17-7-5-14(9-22-17)16-10-23-19-20(24-16)26(12-18(27)25-19)11-13-4-6-15(8-13)29-3;;/h5,7,9-10,13,15,28H,4,6,8,11-12H2,1-3H3,(H,23,25,27);2*1H/t13-,15+;;/m0../s1. The Balaban J connectivity index is 0.00000171. The van der Waals surface area contributed by atoms with Crippen molar-refractivity contribution in [1.29, 1.82) is 0 Å². The number of methoxy groups -OCH3 is 1. The molecule has 1 aliphatic carbocycles. The number of anilines is 2. The van der Waals surface area contributed by atoms with Crippen LogP contribution >= 0.6 is 0 Å².